The van der Waals surface area contributed by atoms with Gasteiger partial charge in [0.2, 0.25) is 0 Å². The van der Waals surface area contributed by atoms with Gasteiger partial charge in [0.15, 0.2) is 6.61 Å². The zero-order chi connectivity index (χ0) is 12.0. The number of ether oxygens (including phenoxy) is 1. The normalized spacial score (nSPS) is 11.9. The fourth-order valence-corrected chi connectivity index (χ4v) is 1.17. The van der Waals surface area contributed by atoms with E-state index >= 15 is 0 Å². The van der Waals surface area contributed by atoms with E-state index in [-0.39, 0.29) is 25.2 Å². The lowest BCUT2D eigenvalue weighted by molar-refractivity contribution is -0.123. The van der Waals surface area contributed by atoms with E-state index in [0.717, 1.165) is 0 Å². The van der Waals surface area contributed by atoms with E-state index in [2.05, 4.69) is 5.32 Å². The summed E-state index contributed by atoms with van der Waals surface area (Å²) in [6, 6.07) is 6.48. The molecule has 1 aromatic rings. The predicted molar refractivity (Wildman–Crippen MR) is 61.6 cm³/mol. The largest absolute Gasteiger partial charge is 0.484 e. The lowest BCUT2D eigenvalue weighted by atomic mass is 10.3. The molecule has 4 nitrogen and oxygen atoms in total. The fourth-order valence-electron chi connectivity index (χ4n) is 1.04. The van der Waals surface area contributed by atoms with Crippen molar-refractivity contribution in [3.63, 3.8) is 0 Å². The first-order valence-corrected chi connectivity index (χ1v) is 5.28. The summed E-state index contributed by atoms with van der Waals surface area (Å²) in [5.41, 5.74) is 0. The number of aliphatic hydroxyl groups excluding tert-OH is 1. The quantitative estimate of drug-likeness (QED) is 0.818. The molecule has 0 radical (unpaired) electrons. The van der Waals surface area contributed by atoms with Crippen LogP contribution in [0.3, 0.4) is 0 Å². The summed E-state index contributed by atoms with van der Waals surface area (Å²) in [5, 5.41) is 11.9. The topological polar surface area (TPSA) is 58.6 Å². The first-order chi connectivity index (χ1) is 7.61. The third kappa shape index (κ3) is 4.51. The molecular formula is C11H14ClNO3. The lowest BCUT2D eigenvalue weighted by Gasteiger charge is -2.11. The maximum Gasteiger partial charge on any atom is 0.258 e. The number of aliphatic hydroxyl groups is 1. The Labute approximate surface area is 99.2 Å². The van der Waals surface area contributed by atoms with Crippen LogP contribution in [0.15, 0.2) is 24.3 Å². The number of halogens is 1. The molecule has 0 saturated carbocycles. The van der Waals surface area contributed by atoms with Crippen LogP contribution in [0.4, 0.5) is 0 Å². The average Bonchev–Trinajstić information content (AvgIpc) is 2.28. The maximum atomic E-state index is 11.3. The maximum absolute atomic E-state index is 11.3. The number of rotatable bonds is 5. The van der Waals surface area contributed by atoms with Gasteiger partial charge in [-0.2, -0.15) is 0 Å². The molecule has 0 heterocycles. The minimum atomic E-state index is -0.267. The molecule has 0 aromatic heterocycles. The molecule has 0 spiro atoms. The lowest BCUT2D eigenvalue weighted by Crippen LogP contribution is -2.38. The van der Waals surface area contributed by atoms with E-state index in [1.54, 1.807) is 31.2 Å². The smallest absolute Gasteiger partial charge is 0.258 e. The Morgan fingerprint density at radius 2 is 2.12 bits per heavy atom. The van der Waals surface area contributed by atoms with Crippen molar-refractivity contribution in [2.24, 2.45) is 0 Å². The molecule has 2 N–H and O–H groups in total. The van der Waals surface area contributed by atoms with Crippen molar-refractivity contribution in [2.75, 3.05) is 13.2 Å². The molecule has 88 valence electrons. The summed E-state index contributed by atoms with van der Waals surface area (Å²) in [4.78, 5) is 11.3. The molecule has 0 saturated heterocycles. The number of carbonyl (C=O) groups excluding carboxylic acids is 1. The van der Waals surface area contributed by atoms with E-state index in [1.165, 1.54) is 0 Å². The molecule has 0 aliphatic rings. The average molecular weight is 244 g/mol. The van der Waals surface area contributed by atoms with Gasteiger partial charge in [0.05, 0.1) is 6.61 Å². The molecule has 1 unspecified atom stereocenters. The Morgan fingerprint density at radius 3 is 2.69 bits per heavy atom. The van der Waals surface area contributed by atoms with Gasteiger partial charge < -0.3 is 15.2 Å². The Hall–Kier alpha value is -1.26. The van der Waals surface area contributed by atoms with Crippen LogP contribution in [0.1, 0.15) is 6.92 Å². The van der Waals surface area contributed by atoms with Gasteiger partial charge in [-0.25, -0.2) is 0 Å². The summed E-state index contributed by atoms with van der Waals surface area (Å²) < 4.78 is 5.22. The second kappa shape index (κ2) is 6.35. The molecule has 5 heteroatoms. The van der Waals surface area contributed by atoms with Gasteiger partial charge in [0.25, 0.3) is 5.91 Å². The van der Waals surface area contributed by atoms with Crippen LogP contribution in [-0.2, 0) is 4.79 Å². The van der Waals surface area contributed by atoms with Crippen LogP contribution in [0.25, 0.3) is 0 Å². The van der Waals surface area contributed by atoms with Crippen LogP contribution < -0.4 is 10.1 Å². The van der Waals surface area contributed by atoms with Crippen molar-refractivity contribution in [1.29, 1.82) is 0 Å². The van der Waals surface area contributed by atoms with Crippen LogP contribution in [0.5, 0.6) is 5.75 Å². The Morgan fingerprint density at radius 1 is 1.50 bits per heavy atom. The van der Waals surface area contributed by atoms with E-state index in [9.17, 15) is 4.79 Å². The van der Waals surface area contributed by atoms with Gasteiger partial charge in [0, 0.05) is 11.1 Å². The molecular weight excluding hydrogens is 230 g/mol. The first kappa shape index (κ1) is 12.8. The van der Waals surface area contributed by atoms with Gasteiger partial charge in [-0.1, -0.05) is 11.6 Å². The minimum absolute atomic E-state index is 0.0774. The highest BCUT2D eigenvalue weighted by molar-refractivity contribution is 6.30. The van der Waals surface area contributed by atoms with E-state index < -0.39 is 0 Å². The van der Waals surface area contributed by atoms with Gasteiger partial charge in [-0.15, -0.1) is 0 Å². The Kier molecular flexibility index (Phi) is 5.08. The van der Waals surface area contributed by atoms with Crippen LogP contribution in [0.2, 0.25) is 5.02 Å². The van der Waals surface area contributed by atoms with Gasteiger partial charge in [-0.05, 0) is 31.2 Å². The summed E-state index contributed by atoms with van der Waals surface area (Å²) in [5.74, 6) is 0.313. The van der Waals surface area contributed by atoms with Crippen molar-refractivity contribution >= 4 is 17.5 Å². The summed E-state index contributed by atoms with van der Waals surface area (Å²) in [6.07, 6.45) is 0. The molecule has 0 bridgehead atoms. The molecule has 16 heavy (non-hydrogen) atoms. The minimum Gasteiger partial charge on any atom is -0.484 e. The van der Waals surface area contributed by atoms with Crippen molar-refractivity contribution in [1.82, 2.24) is 5.32 Å². The van der Waals surface area contributed by atoms with Gasteiger partial charge in [-0.3, -0.25) is 4.79 Å². The van der Waals surface area contributed by atoms with Crippen LogP contribution >= 0.6 is 11.6 Å². The number of hydrogen-bond donors (Lipinski definition) is 2. The predicted octanol–water partition coefficient (Wildman–Crippen LogP) is 1.22. The molecule has 0 fully saturated rings. The third-order valence-electron chi connectivity index (χ3n) is 1.86. The number of carbonyl (C=O) groups is 1. The highest BCUT2D eigenvalue weighted by Crippen LogP contribution is 2.15. The number of benzene rings is 1. The number of nitrogens with one attached hydrogen (secondary N) is 1. The van der Waals surface area contributed by atoms with E-state index in [4.69, 9.17) is 21.4 Å². The molecule has 0 aliphatic heterocycles. The SMILES string of the molecule is CC(CO)NC(=O)COc1ccc(Cl)cc1. The highest BCUT2D eigenvalue weighted by Gasteiger charge is 2.06. The standard InChI is InChI=1S/C11H14ClNO3/c1-8(6-14)13-11(15)7-16-10-4-2-9(12)3-5-10/h2-5,8,14H,6-7H2,1H3,(H,13,15). The zero-order valence-electron chi connectivity index (χ0n) is 8.94. The molecule has 1 amide bonds. The summed E-state index contributed by atoms with van der Waals surface area (Å²) >= 11 is 5.70. The zero-order valence-corrected chi connectivity index (χ0v) is 9.70. The molecule has 0 aliphatic carbocycles. The second-order valence-electron chi connectivity index (χ2n) is 3.39. The monoisotopic (exact) mass is 243 g/mol. The second-order valence-corrected chi connectivity index (χ2v) is 3.83. The summed E-state index contributed by atoms with van der Waals surface area (Å²) in [6.45, 7) is 1.54. The van der Waals surface area contributed by atoms with E-state index in [0.29, 0.717) is 10.8 Å². The van der Waals surface area contributed by atoms with Crippen LogP contribution in [-0.4, -0.2) is 30.3 Å². The van der Waals surface area contributed by atoms with Gasteiger partial charge >= 0.3 is 0 Å². The molecule has 1 rings (SSSR count). The summed E-state index contributed by atoms with van der Waals surface area (Å²) in [7, 11) is 0. The van der Waals surface area contributed by atoms with Crippen molar-refractivity contribution in [3.8, 4) is 5.75 Å². The van der Waals surface area contributed by atoms with Crippen LogP contribution in [0, 0.1) is 0 Å². The molecule has 1 aromatic carbocycles. The van der Waals surface area contributed by atoms with Crippen molar-refractivity contribution in [2.45, 2.75) is 13.0 Å². The third-order valence-corrected chi connectivity index (χ3v) is 2.12. The van der Waals surface area contributed by atoms with E-state index in [1.807, 2.05) is 0 Å². The van der Waals surface area contributed by atoms with Crippen molar-refractivity contribution in [3.05, 3.63) is 29.3 Å². The number of amides is 1. The fraction of sp³-hybridized carbons (Fsp3) is 0.364. The van der Waals surface area contributed by atoms with Gasteiger partial charge in [0.1, 0.15) is 5.75 Å². The highest BCUT2D eigenvalue weighted by atomic mass is 35.5. The Bertz CT molecular complexity index is 340. The van der Waals surface area contributed by atoms with Crippen molar-refractivity contribution < 1.29 is 14.6 Å². The Balaban J connectivity index is 2.34. The first-order valence-electron chi connectivity index (χ1n) is 4.90. The molecule has 1 atom stereocenters. The number of hydrogen-bond acceptors (Lipinski definition) is 3.